The van der Waals surface area contributed by atoms with Gasteiger partial charge in [-0.05, 0) is 31.2 Å². The van der Waals surface area contributed by atoms with Gasteiger partial charge < -0.3 is 15.3 Å². The Morgan fingerprint density at radius 3 is 2.33 bits per heavy atom. The topological polar surface area (TPSA) is 98.9 Å². The van der Waals surface area contributed by atoms with Gasteiger partial charge in [0.05, 0.1) is 16.7 Å². The van der Waals surface area contributed by atoms with E-state index in [2.05, 4.69) is 15.1 Å². The average Bonchev–Trinajstić information content (AvgIpc) is 2.68. The lowest BCUT2D eigenvalue weighted by molar-refractivity contribution is -0.384. The summed E-state index contributed by atoms with van der Waals surface area (Å²) in [4.78, 5) is 26.9. The zero-order chi connectivity index (χ0) is 19.4. The van der Waals surface area contributed by atoms with E-state index in [9.17, 15) is 20.0 Å². The molecule has 27 heavy (non-hydrogen) atoms. The Bertz CT molecular complexity index is 817. The van der Waals surface area contributed by atoms with Crippen molar-refractivity contribution in [2.24, 2.45) is 0 Å². The van der Waals surface area contributed by atoms with Gasteiger partial charge in [0.15, 0.2) is 0 Å². The summed E-state index contributed by atoms with van der Waals surface area (Å²) in [6.07, 6.45) is 0. The van der Waals surface area contributed by atoms with Gasteiger partial charge in [-0.2, -0.15) is 0 Å². The van der Waals surface area contributed by atoms with Crippen LogP contribution < -0.4 is 10.2 Å². The van der Waals surface area contributed by atoms with E-state index in [0.717, 1.165) is 5.69 Å². The highest BCUT2D eigenvalue weighted by molar-refractivity contribution is 5.94. The second-order valence-electron chi connectivity index (χ2n) is 6.48. The number of para-hydroxylation sites is 2. The molecule has 1 atom stereocenters. The first kappa shape index (κ1) is 18.7. The molecule has 1 unspecified atom stereocenters. The Labute approximate surface area is 157 Å². The van der Waals surface area contributed by atoms with Crippen LogP contribution in [-0.4, -0.2) is 53.1 Å². The van der Waals surface area contributed by atoms with Gasteiger partial charge in [-0.3, -0.25) is 19.8 Å². The molecule has 0 aliphatic carbocycles. The van der Waals surface area contributed by atoms with Crippen molar-refractivity contribution in [3.8, 4) is 5.75 Å². The number of nitrogens with one attached hydrogen (secondary N) is 1. The number of phenolic OH excluding ortho intramolecular Hbond substituents is 1. The number of amides is 1. The first-order valence-electron chi connectivity index (χ1n) is 8.78. The number of anilines is 2. The Hall–Kier alpha value is -3.13. The fourth-order valence-corrected chi connectivity index (χ4v) is 3.16. The predicted molar refractivity (Wildman–Crippen MR) is 103 cm³/mol. The number of nitrogens with zero attached hydrogens (tertiary/aromatic N) is 3. The summed E-state index contributed by atoms with van der Waals surface area (Å²) >= 11 is 0. The molecule has 3 rings (SSSR count). The van der Waals surface area contributed by atoms with Crippen LogP contribution in [0.15, 0.2) is 48.5 Å². The van der Waals surface area contributed by atoms with E-state index in [1.165, 1.54) is 24.3 Å². The van der Waals surface area contributed by atoms with Crippen LogP contribution in [-0.2, 0) is 4.79 Å². The molecular formula is C19H22N4O4. The van der Waals surface area contributed by atoms with Crippen molar-refractivity contribution in [1.29, 1.82) is 0 Å². The van der Waals surface area contributed by atoms with Crippen molar-refractivity contribution in [2.45, 2.75) is 13.0 Å². The molecule has 0 saturated carbocycles. The lowest BCUT2D eigenvalue weighted by atomic mass is 10.2. The molecule has 8 nitrogen and oxygen atoms in total. The van der Waals surface area contributed by atoms with Crippen LogP contribution >= 0.6 is 0 Å². The number of non-ortho nitro benzene ring substituents is 1. The Morgan fingerprint density at radius 2 is 1.74 bits per heavy atom. The minimum absolute atomic E-state index is 0.0127. The number of rotatable bonds is 5. The lowest BCUT2D eigenvalue weighted by Crippen LogP contribution is -2.52. The van der Waals surface area contributed by atoms with Gasteiger partial charge in [0.2, 0.25) is 5.91 Å². The van der Waals surface area contributed by atoms with Crippen LogP contribution in [0.25, 0.3) is 0 Å². The summed E-state index contributed by atoms with van der Waals surface area (Å²) in [7, 11) is 0. The summed E-state index contributed by atoms with van der Waals surface area (Å²) in [6.45, 7) is 4.67. The molecular weight excluding hydrogens is 348 g/mol. The maximum atomic E-state index is 12.5. The van der Waals surface area contributed by atoms with E-state index in [1.54, 1.807) is 12.1 Å². The Morgan fingerprint density at radius 1 is 1.11 bits per heavy atom. The van der Waals surface area contributed by atoms with E-state index in [4.69, 9.17) is 0 Å². The number of carbonyl (C=O) groups is 1. The smallest absolute Gasteiger partial charge is 0.269 e. The normalized spacial score (nSPS) is 16.0. The van der Waals surface area contributed by atoms with Crippen LogP contribution in [0, 0.1) is 10.1 Å². The van der Waals surface area contributed by atoms with Gasteiger partial charge in [0.25, 0.3) is 5.69 Å². The van der Waals surface area contributed by atoms with Crippen LogP contribution in [0.5, 0.6) is 5.75 Å². The fraction of sp³-hybridized carbons (Fsp3) is 0.316. The van der Waals surface area contributed by atoms with Gasteiger partial charge in [-0.15, -0.1) is 0 Å². The van der Waals surface area contributed by atoms with Crippen molar-refractivity contribution in [1.82, 2.24) is 4.90 Å². The van der Waals surface area contributed by atoms with Crippen molar-refractivity contribution in [3.63, 3.8) is 0 Å². The molecule has 0 spiro atoms. The number of nitro benzene ring substituents is 1. The quantitative estimate of drug-likeness (QED) is 0.620. The minimum Gasteiger partial charge on any atom is -0.506 e. The van der Waals surface area contributed by atoms with E-state index in [0.29, 0.717) is 31.9 Å². The van der Waals surface area contributed by atoms with Crippen LogP contribution in [0.3, 0.4) is 0 Å². The van der Waals surface area contributed by atoms with Crippen molar-refractivity contribution in [2.75, 3.05) is 36.4 Å². The summed E-state index contributed by atoms with van der Waals surface area (Å²) in [5, 5.41) is 23.5. The second kappa shape index (κ2) is 8.05. The number of aromatic hydroxyl groups is 1. The maximum absolute atomic E-state index is 12.5. The molecule has 0 radical (unpaired) electrons. The molecule has 0 bridgehead atoms. The van der Waals surface area contributed by atoms with Gasteiger partial charge >= 0.3 is 0 Å². The summed E-state index contributed by atoms with van der Waals surface area (Å²) in [5.41, 5.74) is 1.33. The molecule has 8 heteroatoms. The molecule has 2 aromatic rings. The van der Waals surface area contributed by atoms with Crippen molar-refractivity contribution >= 4 is 23.0 Å². The zero-order valence-corrected chi connectivity index (χ0v) is 15.0. The third-order valence-corrected chi connectivity index (χ3v) is 4.81. The van der Waals surface area contributed by atoms with E-state index >= 15 is 0 Å². The maximum Gasteiger partial charge on any atom is 0.269 e. The Kier molecular flexibility index (Phi) is 5.56. The lowest BCUT2D eigenvalue weighted by Gasteiger charge is -2.38. The third-order valence-electron chi connectivity index (χ3n) is 4.81. The summed E-state index contributed by atoms with van der Waals surface area (Å²) in [6, 6.07) is 12.7. The van der Waals surface area contributed by atoms with Crippen LogP contribution in [0.2, 0.25) is 0 Å². The number of hydrogen-bond donors (Lipinski definition) is 2. The Balaban J connectivity index is 1.55. The van der Waals surface area contributed by atoms with Crippen molar-refractivity contribution < 1.29 is 14.8 Å². The highest BCUT2D eigenvalue weighted by Gasteiger charge is 2.26. The highest BCUT2D eigenvalue weighted by Crippen LogP contribution is 2.27. The van der Waals surface area contributed by atoms with Crippen LogP contribution in [0.1, 0.15) is 6.92 Å². The summed E-state index contributed by atoms with van der Waals surface area (Å²) < 4.78 is 0. The van der Waals surface area contributed by atoms with E-state index in [-0.39, 0.29) is 23.4 Å². The number of hydrogen-bond acceptors (Lipinski definition) is 6. The number of nitro groups is 1. The van der Waals surface area contributed by atoms with E-state index in [1.807, 2.05) is 19.1 Å². The molecule has 2 aromatic carbocycles. The van der Waals surface area contributed by atoms with Gasteiger partial charge in [-0.1, -0.05) is 12.1 Å². The molecule has 1 heterocycles. The number of phenols is 1. The largest absolute Gasteiger partial charge is 0.506 e. The second-order valence-corrected chi connectivity index (χ2v) is 6.48. The first-order valence-corrected chi connectivity index (χ1v) is 8.78. The zero-order valence-electron chi connectivity index (χ0n) is 15.0. The highest BCUT2D eigenvalue weighted by atomic mass is 16.6. The average molecular weight is 370 g/mol. The molecule has 142 valence electrons. The molecule has 1 aliphatic rings. The molecule has 1 saturated heterocycles. The van der Waals surface area contributed by atoms with Gasteiger partial charge in [0.1, 0.15) is 5.75 Å². The van der Waals surface area contributed by atoms with E-state index < -0.39 is 4.92 Å². The number of carbonyl (C=O) groups excluding carboxylic acids is 1. The molecule has 2 N–H and O–H groups in total. The van der Waals surface area contributed by atoms with Gasteiger partial charge in [-0.25, -0.2) is 0 Å². The molecule has 1 fully saturated rings. The monoisotopic (exact) mass is 370 g/mol. The molecule has 1 aliphatic heterocycles. The third kappa shape index (κ3) is 4.35. The SMILES string of the molecule is CC(C(=O)Nc1ccc([N+](=O)[O-])cc1)N1CCN(c2ccccc2O)CC1. The van der Waals surface area contributed by atoms with Crippen LogP contribution in [0.4, 0.5) is 17.1 Å². The predicted octanol–water partition coefficient (Wildman–Crippen LogP) is 2.45. The fourth-order valence-electron chi connectivity index (χ4n) is 3.16. The minimum atomic E-state index is -0.474. The first-order chi connectivity index (χ1) is 13.0. The van der Waals surface area contributed by atoms with Gasteiger partial charge in [0, 0.05) is 44.0 Å². The summed E-state index contributed by atoms with van der Waals surface area (Å²) in [5.74, 6) is 0.106. The molecule has 0 aromatic heterocycles. The standard InChI is InChI=1S/C19H22N4O4/c1-14(19(25)20-15-6-8-16(9-7-15)23(26)27)21-10-12-22(13-11-21)17-4-2-3-5-18(17)24/h2-9,14,24H,10-13H2,1H3,(H,20,25). The van der Waals surface area contributed by atoms with Crippen molar-refractivity contribution in [3.05, 3.63) is 58.6 Å². The number of piperazine rings is 1. The molecule has 1 amide bonds. The number of benzene rings is 2.